The summed E-state index contributed by atoms with van der Waals surface area (Å²) in [6.45, 7) is 13.6. The maximum absolute atomic E-state index is 12.1. The Morgan fingerprint density at radius 2 is 1.64 bits per heavy atom. The highest BCUT2D eigenvalue weighted by molar-refractivity contribution is 5.76. The average molecular weight is 311 g/mol. The third-order valence-corrected chi connectivity index (χ3v) is 4.31. The molecule has 3 heteroatoms. The fourth-order valence-corrected chi connectivity index (χ4v) is 3.61. The van der Waals surface area contributed by atoms with Crippen molar-refractivity contribution in [1.82, 2.24) is 0 Å². The van der Waals surface area contributed by atoms with Crippen molar-refractivity contribution in [2.45, 2.75) is 73.1 Å². The molecule has 0 aromatic carbocycles. The van der Waals surface area contributed by atoms with Gasteiger partial charge in [-0.05, 0) is 19.8 Å². The number of hydrogen-bond donors (Lipinski definition) is 0. The van der Waals surface area contributed by atoms with Crippen molar-refractivity contribution in [3.63, 3.8) is 0 Å². The molecule has 0 spiro atoms. The van der Waals surface area contributed by atoms with Gasteiger partial charge in [0.25, 0.3) is 0 Å². The molecule has 0 unspecified atom stereocenters. The summed E-state index contributed by atoms with van der Waals surface area (Å²) < 4.78 is 7.71. The maximum atomic E-state index is 12.1. The molecule has 1 rings (SSSR count). The summed E-state index contributed by atoms with van der Waals surface area (Å²) in [6, 6.07) is 0. The number of esters is 1. The van der Waals surface area contributed by atoms with Gasteiger partial charge < -0.3 is 4.74 Å². The van der Waals surface area contributed by atoms with E-state index in [1.54, 1.807) is 0 Å². The molecule has 128 valence electrons. The fraction of sp³-hybridized carbons (Fsp3) is 0.895. The minimum absolute atomic E-state index is 0.0221. The van der Waals surface area contributed by atoms with Gasteiger partial charge in [0.2, 0.25) is 0 Å². The van der Waals surface area contributed by atoms with Crippen LogP contribution in [0.4, 0.5) is 0 Å². The zero-order valence-corrected chi connectivity index (χ0v) is 15.4. The van der Waals surface area contributed by atoms with Gasteiger partial charge in [-0.25, -0.2) is 4.58 Å². The monoisotopic (exact) mass is 310 g/mol. The predicted molar refractivity (Wildman–Crippen MR) is 92.5 cm³/mol. The molecule has 1 aliphatic carbocycles. The number of carbonyl (C=O) groups excluding carboxylic acids is 1. The van der Waals surface area contributed by atoms with Crippen LogP contribution in [0, 0.1) is 17.3 Å². The predicted octanol–water partition coefficient (Wildman–Crippen LogP) is 4.29. The zero-order valence-electron chi connectivity index (χ0n) is 15.4. The number of hydrogen-bond acceptors (Lipinski definition) is 2. The Morgan fingerprint density at radius 1 is 1.09 bits per heavy atom. The van der Waals surface area contributed by atoms with Crippen LogP contribution in [0.5, 0.6) is 0 Å². The third-order valence-electron chi connectivity index (χ3n) is 4.31. The van der Waals surface area contributed by atoms with E-state index >= 15 is 0 Å². The van der Waals surface area contributed by atoms with Crippen molar-refractivity contribution < 1.29 is 14.1 Å². The van der Waals surface area contributed by atoms with Crippen molar-refractivity contribution in [3.05, 3.63) is 0 Å². The summed E-state index contributed by atoms with van der Waals surface area (Å²) in [7, 11) is 0. The summed E-state index contributed by atoms with van der Waals surface area (Å²) in [5, 5.41) is 0. The minimum atomic E-state index is -0.0327. The molecule has 0 aliphatic heterocycles. The van der Waals surface area contributed by atoms with Crippen molar-refractivity contribution >= 4 is 12.2 Å². The van der Waals surface area contributed by atoms with Gasteiger partial charge in [-0.15, -0.1) is 0 Å². The number of carbonyl (C=O) groups is 1. The molecule has 0 heterocycles. The van der Waals surface area contributed by atoms with E-state index in [0.29, 0.717) is 24.9 Å². The molecule has 1 fully saturated rings. The van der Waals surface area contributed by atoms with E-state index in [4.69, 9.17) is 4.74 Å². The van der Waals surface area contributed by atoms with Crippen LogP contribution in [0.25, 0.3) is 0 Å². The van der Waals surface area contributed by atoms with E-state index in [1.807, 2.05) is 6.92 Å². The fourth-order valence-electron chi connectivity index (χ4n) is 3.61. The van der Waals surface area contributed by atoms with Crippen molar-refractivity contribution in [3.8, 4) is 0 Å². The SMILES string of the molecule is CCOC(=O)CC1(C=[N+](CC(C)C)CC(C)C)CCCCC1. The first-order valence-electron chi connectivity index (χ1n) is 9.12. The topological polar surface area (TPSA) is 29.3 Å². The summed E-state index contributed by atoms with van der Waals surface area (Å²) in [6.07, 6.45) is 8.96. The maximum Gasteiger partial charge on any atom is 0.306 e. The Balaban J connectivity index is 2.95. The highest BCUT2D eigenvalue weighted by Crippen LogP contribution is 2.38. The molecule has 0 bridgehead atoms. The van der Waals surface area contributed by atoms with E-state index in [9.17, 15) is 4.79 Å². The van der Waals surface area contributed by atoms with E-state index in [-0.39, 0.29) is 11.4 Å². The lowest BCUT2D eigenvalue weighted by atomic mass is 9.72. The van der Waals surface area contributed by atoms with Crippen LogP contribution >= 0.6 is 0 Å². The lowest BCUT2D eigenvalue weighted by Crippen LogP contribution is -2.36. The minimum Gasteiger partial charge on any atom is -0.466 e. The van der Waals surface area contributed by atoms with Crippen molar-refractivity contribution in [2.75, 3.05) is 19.7 Å². The second-order valence-corrected chi connectivity index (χ2v) is 7.78. The Labute approximate surface area is 137 Å². The standard InChI is InChI=1S/C19H36NO2/c1-6-22-18(21)12-19(10-8-7-9-11-19)15-20(13-16(2)3)14-17(4)5/h15-17H,6-14H2,1-5H3/q+1. The molecule has 0 saturated heterocycles. The first-order valence-corrected chi connectivity index (χ1v) is 9.12. The first-order chi connectivity index (χ1) is 10.4. The van der Waals surface area contributed by atoms with Crippen molar-refractivity contribution in [2.24, 2.45) is 17.3 Å². The summed E-state index contributed by atoms with van der Waals surface area (Å²) in [5.74, 6) is 1.24. The number of ether oxygens (including phenoxy) is 1. The number of nitrogens with zero attached hydrogens (tertiary/aromatic N) is 1. The van der Waals surface area contributed by atoms with Crippen LogP contribution in [-0.4, -0.2) is 36.5 Å². The molecule has 0 radical (unpaired) electrons. The zero-order chi connectivity index (χ0) is 16.6. The molecule has 0 atom stereocenters. The van der Waals surface area contributed by atoms with Crippen LogP contribution in [-0.2, 0) is 9.53 Å². The van der Waals surface area contributed by atoms with Gasteiger partial charge in [-0.2, -0.15) is 0 Å². The Kier molecular flexibility index (Phi) is 8.13. The summed E-state index contributed by atoms with van der Waals surface area (Å²) in [5.41, 5.74) is 0.0221. The molecular formula is C19H36NO2+. The quantitative estimate of drug-likeness (QED) is 0.380. The molecule has 0 N–H and O–H groups in total. The molecule has 1 aliphatic rings. The average Bonchev–Trinajstić information content (AvgIpc) is 2.37. The second kappa shape index (κ2) is 9.32. The third kappa shape index (κ3) is 6.93. The van der Waals surface area contributed by atoms with Gasteiger partial charge >= 0.3 is 5.97 Å². The van der Waals surface area contributed by atoms with Crippen LogP contribution in [0.1, 0.15) is 73.1 Å². The molecule has 0 amide bonds. The first kappa shape index (κ1) is 19.2. The van der Waals surface area contributed by atoms with Crippen LogP contribution in [0.3, 0.4) is 0 Å². The van der Waals surface area contributed by atoms with Gasteiger partial charge in [0, 0.05) is 11.8 Å². The molecule has 1 saturated carbocycles. The van der Waals surface area contributed by atoms with E-state index < -0.39 is 0 Å². The Hall–Kier alpha value is -0.860. The molecule has 0 aromatic heterocycles. The van der Waals surface area contributed by atoms with Crippen molar-refractivity contribution in [1.29, 1.82) is 0 Å². The highest BCUT2D eigenvalue weighted by Gasteiger charge is 2.37. The van der Waals surface area contributed by atoms with Gasteiger partial charge in [0.05, 0.1) is 18.4 Å². The molecule has 0 aromatic rings. The van der Waals surface area contributed by atoms with Crippen LogP contribution in [0.15, 0.2) is 0 Å². The molecule has 3 nitrogen and oxygen atoms in total. The van der Waals surface area contributed by atoms with Crippen LogP contribution < -0.4 is 0 Å². The Bertz CT molecular complexity index is 354. The van der Waals surface area contributed by atoms with Crippen LogP contribution in [0.2, 0.25) is 0 Å². The van der Waals surface area contributed by atoms with E-state index in [1.165, 1.54) is 19.3 Å². The van der Waals surface area contributed by atoms with Gasteiger partial charge in [0.1, 0.15) is 19.3 Å². The highest BCUT2D eigenvalue weighted by atomic mass is 16.5. The van der Waals surface area contributed by atoms with E-state index in [0.717, 1.165) is 25.9 Å². The van der Waals surface area contributed by atoms with Gasteiger partial charge in [-0.1, -0.05) is 47.0 Å². The summed E-state index contributed by atoms with van der Waals surface area (Å²) in [4.78, 5) is 12.1. The molecular weight excluding hydrogens is 274 g/mol. The molecule has 22 heavy (non-hydrogen) atoms. The lowest BCUT2D eigenvalue weighted by molar-refractivity contribution is -0.538. The van der Waals surface area contributed by atoms with Gasteiger partial charge in [-0.3, -0.25) is 4.79 Å². The normalized spacial score (nSPS) is 17.6. The Morgan fingerprint density at radius 3 is 2.09 bits per heavy atom. The summed E-state index contributed by atoms with van der Waals surface area (Å²) >= 11 is 0. The largest absolute Gasteiger partial charge is 0.466 e. The second-order valence-electron chi connectivity index (χ2n) is 7.78. The number of rotatable bonds is 8. The lowest BCUT2D eigenvalue weighted by Gasteiger charge is -2.31. The van der Waals surface area contributed by atoms with E-state index in [2.05, 4.69) is 38.5 Å². The smallest absolute Gasteiger partial charge is 0.306 e. The van der Waals surface area contributed by atoms with Gasteiger partial charge in [0.15, 0.2) is 0 Å².